The number of aromatic amines is 1. The number of rotatable bonds is 6. The van der Waals surface area contributed by atoms with Crippen LogP contribution in [-0.4, -0.2) is 26.5 Å². The van der Waals surface area contributed by atoms with E-state index in [1.165, 1.54) is 31.4 Å². The van der Waals surface area contributed by atoms with Crippen LogP contribution in [0.2, 0.25) is 0 Å². The van der Waals surface area contributed by atoms with Gasteiger partial charge in [0.2, 0.25) is 0 Å². The van der Waals surface area contributed by atoms with Crippen LogP contribution < -0.4 is 4.72 Å². The number of carbonyl (C=O) groups excluding carboxylic acids is 1. The highest BCUT2D eigenvalue weighted by molar-refractivity contribution is 7.92. The van der Waals surface area contributed by atoms with Crippen molar-refractivity contribution >= 4 is 32.6 Å². The summed E-state index contributed by atoms with van der Waals surface area (Å²) in [6, 6.07) is 10.3. The molecular weight excluding hydrogens is 383 g/mol. The summed E-state index contributed by atoms with van der Waals surface area (Å²) in [4.78, 5) is 14.9. The van der Waals surface area contributed by atoms with E-state index in [-0.39, 0.29) is 21.7 Å². The van der Waals surface area contributed by atoms with Crippen molar-refractivity contribution < 1.29 is 22.3 Å². The number of carbonyl (C=O) groups is 1. The molecule has 0 saturated heterocycles. The first-order chi connectivity index (χ1) is 13.2. The van der Waals surface area contributed by atoms with E-state index in [2.05, 4.69) is 23.6 Å². The van der Waals surface area contributed by atoms with Gasteiger partial charge < -0.3 is 9.72 Å². The minimum Gasteiger partial charge on any atom is -0.464 e. The van der Waals surface area contributed by atoms with Gasteiger partial charge in [-0.15, -0.1) is 0 Å². The van der Waals surface area contributed by atoms with E-state index < -0.39 is 21.8 Å². The maximum atomic E-state index is 13.7. The fourth-order valence-corrected chi connectivity index (χ4v) is 4.09. The first-order valence-electron chi connectivity index (χ1n) is 8.72. The van der Waals surface area contributed by atoms with E-state index in [1.54, 1.807) is 12.1 Å². The van der Waals surface area contributed by atoms with Gasteiger partial charge >= 0.3 is 5.97 Å². The Morgan fingerprint density at radius 2 is 1.86 bits per heavy atom. The van der Waals surface area contributed by atoms with Crippen LogP contribution in [0.3, 0.4) is 0 Å². The minimum absolute atomic E-state index is 0.0431. The number of hydrogen-bond donors (Lipinski definition) is 2. The predicted molar refractivity (Wildman–Crippen MR) is 105 cm³/mol. The van der Waals surface area contributed by atoms with E-state index in [4.69, 9.17) is 4.74 Å². The molecule has 0 radical (unpaired) electrons. The third kappa shape index (κ3) is 4.01. The summed E-state index contributed by atoms with van der Waals surface area (Å²) in [5.41, 5.74) is 1.29. The molecule has 0 bridgehead atoms. The van der Waals surface area contributed by atoms with Crippen molar-refractivity contribution in [3.8, 4) is 0 Å². The number of halogens is 1. The second kappa shape index (κ2) is 7.63. The van der Waals surface area contributed by atoms with Crippen LogP contribution in [0.15, 0.2) is 47.4 Å². The van der Waals surface area contributed by atoms with Crippen LogP contribution in [-0.2, 0) is 21.2 Å². The highest BCUT2D eigenvalue weighted by Crippen LogP contribution is 2.31. The zero-order valence-corrected chi connectivity index (χ0v) is 16.6. The van der Waals surface area contributed by atoms with Gasteiger partial charge in [-0.2, -0.15) is 0 Å². The first kappa shape index (κ1) is 19.9. The third-order valence-corrected chi connectivity index (χ3v) is 5.63. The second-order valence-corrected chi connectivity index (χ2v) is 8.59. The number of anilines is 1. The monoisotopic (exact) mass is 404 g/mol. The number of methoxy groups -OCH3 is 1. The molecule has 2 N–H and O–H groups in total. The number of benzene rings is 2. The van der Waals surface area contributed by atoms with Crippen molar-refractivity contribution in [1.29, 1.82) is 0 Å². The Labute approximate surface area is 162 Å². The molecule has 3 rings (SSSR count). The Morgan fingerprint density at radius 1 is 1.18 bits per heavy atom. The summed E-state index contributed by atoms with van der Waals surface area (Å²) in [7, 11) is -2.82. The SMILES string of the molecule is COC(=O)c1[nH]c2ccc(F)cc2c1NS(=O)(=O)c1ccc(CC(C)C)cc1. The molecule has 148 valence electrons. The van der Waals surface area contributed by atoms with Crippen LogP contribution in [0, 0.1) is 11.7 Å². The summed E-state index contributed by atoms with van der Waals surface area (Å²) in [6.45, 7) is 4.16. The zero-order valence-electron chi connectivity index (χ0n) is 15.7. The molecule has 0 unspecified atom stereocenters. The number of fused-ring (bicyclic) bond motifs is 1. The number of aromatic nitrogens is 1. The summed E-state index contributed by atoms with van der Waals surface area (Å²) < 4.78 is 46.5. The summed E-state index contributed by atoms with van der Waals surface area (Å²) in [5, 5.41) is 0.236. The Morgan fingerprint density at radius 3 is 2.46 bits per heavy atom. The molecule has 0 aliphatic heterocycles. The fourth-order valence-electron chi connectivity index (χ4n) is 2.99. The lowest BCUT2D eigenvalue weighted by atomic mass is 10.0. The lowest BCUT2D eigenvalue weighted by molar-refractivity contribution is 0.0596. The summed E-state index contributed by atoms with van der Waals surface area (Å²) in [5.74, 6) is -0.868. The topological polar surface area (TPSA) is 88.3 Å². The largest absolute Gasteiger partial charge is 0.464 e. The first-order valence-corrected chi connectivity index (χ1v) is 10.2. The van der Waals surface area contributed by atoms with Gasteiger partial charge in [0.15, 0.2) is 5.69 Å². The highest BCUT2D eigenvalue weighted by Gasteiger charge is 2.24. The van der Waals surface area contributed by atoms with Gasteiger partial charge in [0, 0.05) is 10.9 Å². The molecule has 0 spiro atoms. The second-order valence-electron chi connectivity index (χ2n) is 6.90. The molecule has 3 aromatic rings. The Hall–Kier alpha value is -2.87. The summed E-state index contributed by atoms with van der Waals surface area (Å²) in [6.07, 6.45) is 0.835. The van der Waals surface area contributed by atoms with Gasteiger partial charge in [-0.1, -0.05) is 26.0 Å². The lowest BCUT2D eigenvalue weighted by Gasteiger charge is -2.10. The van der Waals surface area contributed by atoms with Gasteiger partial charge in [-0.25, -0.2) is 17.6 Å². The molecule has 6 nitrogen and oxygen atoms in total. The molecule has 0 aliphatic carbocycles. The Bertz CT molecular complexity index is 1120. The number of nitrogens with one attached hydrogen (secondary N) is 2. The van der Waals surface area contributed by atoms with Crippen molar-refractivity contribution in [2.75, 3.05) is 11.8 Å². The van der Waals surface area contributed by atoms with E-state index in [9.17, 15) is 17.6 Å². The van der Waals surface area contributed by atoms with E-state index in [1.807, 2.05) is 0 Å². The van der Waals surface area contributed by atoms with Crippen molar-refractivity contribution in [3.05, 3.63) is 59.5 Å². The highest BCUT2D eigenvalue weighted by atomic mass is 32.2. The lowest BCUT2D eigenvalue weighted by Crippen LogP contribution is -2.15. The van der Waals surface area contributed by atoms with Crippen molar-refractivity contribution in [1.82, 2.24) is 4.98 Å². The normalized spacial score (nSPS) is 11.8. The van der Waals surface area contributed by atoms with Crippen LogP contribution in [0.5, 0.6) is 0 Å². The molecule has 1 heterocycles. The van der Waals surface area contributed by atoms with Crippen LogP contribution in [0.25, 0.3) is 10.9 Å². The smallest absolute Gasteiger partial charge is 0.356 e. The predicted octanol–water partition coefficient (Wildman–Crippen LogP) is 4.09. The average molecular weight is 404 g/mol. The molecule has 0 fully saturated rings. The molecule has 1 aromatic heterocycles. The minimum atomic E-state index is -4.00. The third-order valence-electron chi connectivity index (χ3n) is 4.26. The molecule has 8 heteroatoms. The quantitative estimate of drug-likeness (QED) is 0.606. The van der Waals surface area contributed by atoms with Gasteiger partial charge in [-0.3, -0.25) is 4.72 Å². The fraction of sp³-hybridized carbons (Fsp3) is 0.250. The number of esters is 1. The van der Waals surface area contributed by atoms with Crippen molar-refractivity contribution in [2.45, 2.75) is 25.2 Å². The summed E-state index contributed by atoms with van der Waals surface area (Å²) >= 11 is 0. The maximum absolute atomic E-state index is 13.7. The van der Waals surface area contributed by atoms with Gasteiger partial charge in [0.05, 0.1) is 17.7 Å². The van der Waals surface area contributed by atoms with Gasteiger partial charge in [0.1, 0.15) is 5.82 Å². The molecule has 0 saturated carbocycles. The Kier molecular flexibility index (Phi) is 5.42. The van der Waals surface area contributed by atoms with E-state index in [0.717, 1.165) is 18.1 Å². The van der Waals surface area contributed by atoms with Gasteiger partial charge in [-0.05, 0) is 48.2 Å². The molecule has 0 aliphatic rings. The number of sulfonamides is 1. The molecule has 28 heavy (non-hydrogen) atoms. The van der Waals surface area contributed by atoms with E-state index >= 15 is 0 Å². The average Bonchev–Trinajstić information content (AvgIpc) is 2.98. The van der Waals surface area contributed by atoms with Crippen molar-refractivity contribution in [2.24, 2.45) is 5.92 Å². The zero-order chi connectivity index (χ0) is 20.5. The maximum Gasteiger partial charge on any atom is 0.356 e. The van der Waals surface area contributed by atoms with Crippen LogP contribution in [0.4, 0.5) is 10.1 Å². The molecule has 2 aromatic carbocycles. The number of ether oxygens (including phenoxy) is 1. The van der Waals surface area contributed by atoms with Crippen LogP contribution >= 0.6 is 0 Å². The standard InChI is InChI=1S/C20H21FN2O4S/c1-12(2)10-13-4-7-15(8-5-13)28(25,26)23-18-16-11-14(21)6-9-17(16)22-19(18)20(24)27-3/h4-9,11-12,22-23H,10H2,1-3H3. The molecule has 0 amide bonds. The molecular formula is C20H21FN2O4S. The van der Waals surface area contributed by atoms with E-state index in [0.29, 0.717) is 11.4 Å². The number of hydrogen-bond acceptors (Lipinski definition) is 4. The Balaban J connectivity index is 2.03. The van der Waals surface area contributed by atoms with Crippen LogP contribution in [0.1, 0.15) is 29.9 Å². The molecule has 0 atom stereocenters. The van der Waals surface area contributed by atoms with Gasteiger partial charge in [0.25, 0.3) is 10.0 Å². The number of H-pyrrole nitrogens is 1. The van der Waals surface area contributed by atoms with Crippen molar-refractivity contribution in [3.63, 3.8) is 0 Å².